The number of hydrogen-bond donors (Lipinski definition) is 0. The topological polar surface area (TPSA) is 0 Å². The highest BCUT2D eigenvalue weighted by atomic mass is 14.8. The first-order valence-corrected chi connectivity index (χ1v) is 9.19. The molecule has 0 aromatic heterocycles. The van der Waals surface area contributed by atoms with E-state index in [-0.39, 0.29) is 0 Å². The van der Waals surface area contributed by atoms with E-state index in [1.165, 1.54) is 12.8 Å². The Hall–Kier alpha value is -1.82. The summed E-state index contributed by atoms with van der Waals surface area (Å²) in [5, 5.41) is 0. The molecule has 0 heterocycles. The second kappa shape index (κ2) is 4.17. The fourth-order valence-corrected chi connectivity index (χ4v) is 6.57. The SMILES string of the molecule is C1=CC2CC1C1C(C3CC3c3ccccc3)C21c1ccccc1. The predicted molar refractivity (Wildman–Crippen MR) is 93.1 cm³/mol. The molecule has 4 aliphatic rings. The Morgan fingerprint density at radius 3 is 2.26 bits per heavy atom. The Labute approximate surface area is 138 Å². The molecule has 114 valence electrons. The normalized spacial score (nSPS) is 45.0. The molecule has 0 N–H and O–H groups in total. The smallest absolute Gasteiger partial charge is 0.00870 e. The molecule has 3 saturated carbocycles. The molecule has 0 radical (unpaired) electrons. The minimum absolute atomic E-state index is 0.495. The monoisotopic (exact) mass is 298 g/mol. The lowest BCUT2D eigenvalue weighted by atomic mass is 9.80. The van der Waals surface area contributed by atoms with Gasteiger partial charge in [0.25, 0.3) is 0 Å². The van der Waals surface area contributed by atoms with Gasteiger partial charge in [-0.1, -0.05) is 72.8 Å². The lowest BCUT2D eigenvalue weighted by molar-refractivity contribution is 0.418. The van der Waals surface area contributed by atoms with E-state index in [1.807, 2.05) is 0 Å². The quantitative estimate of drug-likeness (QED) is 0.685. The molecule has 3 fully saturated rings. The summed E-state index contributed by atoms with van der Waals surface area (Å²) in [7, 11) is 0. The van der Waals surface area contributed by atoms with Gasteiger partial charge in [0.15, 0.2) is 0 Å². The minimum Gasteiger partial charge on any atom is -0.0848 e. The van der Waals surface area contributed by atoms with Crippen molar-refractivity contribution in [1.29, 1.82) is 0 Å². The summed E-state index contributed by atoms with van der Waals surface area (Å²) in [6, 6.07) is 22.7. The molecule has 4 aliphatic carbocycles. The summed E-state index contributed by atoms with van der Waals surface area (Å²) < 4.78 is 0. The molecule has 6 rings (SSSR count). The molecule has 0 spiro atoms. The minimum atomic E-state index is 0.495. The molecule has 2 aromatic carbocycles. The van der Waals surface area contributed by atoms with Crippen molar-refractivity contribution >= 4 is 0 Å². The van der Waals surface area contributed by atoms with Crippen LogP contribution in [0.2, 0.25) is 0 Å². The summed E-state index contributed by atoms with van der Waals surface area (Å²) in [5.41, 5.74) is 3.70. The molecular formula is C23H22. The van der Waals surface area contributed by atoms with E-state index >= 15 is 0 Å². The zero-order valence-electron chi connectivity index (χ0n) is 13.3. The molecule has 2 aromatic rings. The number of fused-ring (bicyclic) bond motifs is 5. The summed E-state index contributed by atoms with van der Waals surface area (Å²) in [6.45, 7) is 0. The van der Waals surface area contributed by atoms with Gasteiger partial charge in [-0.15, -0.1) is 0 Å². The van der Waals surface area contributed by atoms with E-state index in [0.717, 1.165) is 35.5 Å². The third-order valence-electron chi connectivity index (χ3n) is 7.38. The average molecular weight is 298 g/mol. The van der Waals surface area contributed by atoms with Gasteiger partial charge >= 0.3 is 0 Å². The fraction of sp³-hybridized carbons (Fsp3) is 0.391. The highest BCUT2D eigenvalue weighted by Crippen LogP contribution is 2.82. The Morgan fingerprint density at radius 2 is 1.48 bits per heavy atom. The van der Waals surface area contributed by atoms with Gasteiger partial charge in [0.1, 0.15) is 0 Å². The number of allylic oxidation sites excluding steroid dienone is 2. The van der Waals surface area contributed by atoms with Crippen LogP contribution in [0.3, 0.4) is 0 Å². The Morgan fingerprint density at radius 1 is 0.739 bits per heavy atom. The highest BCUT2D eigenvalue weighted by Gasteiger charge is 2.79. The molecule has 0 aliphatic heterocycles. The lowest BCUT2D eigenvalue weighted by Gasteiger charge is -2.23. The van der Waals surface area contributed by atoms with E-state index in [0.29, 0.717) is 5.41 Å². The van der Waals surface area contributed by atoms with Crippen molar-refractivity contribution in [3.8, 4) is 0 Å². The number of benzene rings is 2. The third-order valence-corrected chi connectivity index (χ3v) is 7.38. The van der Waals surface area contributed by atoms with Crippen molar-refractivity contribution in [1.82, 2.24) is 0 Å². The fourth-order valence-electron chi connectivity index (χ4n) is 6.57. The van der Waals surface area contributed by atoms with Crippen molar-refractivity contribution in [2.45, 2.75) is 24.2 Å². The standard InChI is InChI=1S/C23H22/c1-3-7-15(8-4-1)19-14-20(19)22-21-16-11-12-18(13-16)23(21,22)17-9-5-2-6-10-17/h1-12,16,18-22H,13-14H2. The summed E-state index contributed by atoms with van der Waals surface area (Å²) in [4.78, 5) is 0. The van der Waals surface area contributed by atoms with Gasteiger partial charge in [0.2, 0.25) is 0 Å². The van der Waals surface area contributed by atoms with Crippen molar-refractivity contribution < 1.29 is 0 Å². The van der Waals surface area contributed by atoms with Crippen LogP contribution in [0.15, 0.2) is 72.8 Å². The van der Waals surface area contributed by atoms with Gasteiger partial charge in [0.05, 0.1) is 0 Å². The summed E-state index contributed by atoms with van der Waals surface area (Å²) in [5.74, 6) is 5.27. The first kappa shape index (κ1) is 12.6. The van der Waals surface area contributed by atoms with Crippen molar-refractivity contribution in [2.24, 2.45) is 29.6 Å². The largest absolute Gasteiger partial charge is 0.0848 e. The predicted octanol–water partition coefficient (Wildman–Crippen LogP) is 5.18. The van der Waals surface area contributed by atoms with E-state index in [2.05, 4.69) is 72.8 Å². The summed E-state index contributed by atoms with van der Waals surface area (Å²) >= 11 is 0. The number of hydrogen-bond acceptors (Lipinski definition) is 0. The second-order valence-electron chi connectivity index (χ2n) is 8.16. The summed E-state index contributed by atoms with van der Waals surface area (Å²) in [6.07, 6.45) is 7.92. The van der Waals surface area contributed by atoms with Crippen LogP contribution in [0.1, 0.15) is 29.9 Å². The van der Waals surface area contributed by atoms with Crippen LogP contribution < -0.4 is 0 Å². The van der Waals surface area contributed by atoms with Crippen LogP contribution >= 0.6 is 0 Å². The Balaban J connectivity index is 1.37. The Bertz CT molecular complexity index is 774. The van der Waals surface area contributed by atoms with Crippen molar-refractivity contribution in [3.63, 3.8) is 0 Å². The van der Waals surface area contributed by atoms with Gasteiger partial charge in [-0.05, 0) is 59.5 Å². The zero-order valence-corrected chi connectivity index (χ0v) is 13.3. The number of rotatable bonds is 3. The van der Waals surface area contributed by atoms with Crippen LogP contribution in [0.4, 0.5) is 0 Å². The van der Waals surface area contributed by atoms with E-state index in [9.17, 15) is 0 Å². The molecule has 0 saturated heterocycles. The third kappa shape index (κ3) is 1.48. The van der Waals surface area contributed by atoms with Crippen LogP contribution in [0, 0.1) is 29.6 Å². The van der Waals surface area contributed by atoms with E-state index in [4.69, 9.17) is 0 Å². The van der Waals surface area contributed by atoms with Gasteiger partial charge in [-0.3, -0.25) is 0 Å². The lowest BCUT2D eigenvalue weighted by Crippen LogP contribution is -2.20. The van der Waals surface area contributed by atoms with Crippen molar-refractivity contribution in [2.75, 3.05) is 0 Å². The molecule has 0 nitrogen and oxygen atoms in total. The van der Waals surface area contributed by atoms with E-state index < -0.39 is 0 Å². The molecule has 7 atom stereocenters. The highest BCUT2D eigenvalue weighted by molar-refractivity contribution is 5.48. The molecule has 2 bridgehead atoms. The maximum atomic E-state index is 2.55. The first-order chi connectivity index (χ1) is 11.4. The van der Waals surface area contributed by atoms with Crippen LogP contribution in [-0.4, -0.2) is 0 Å². The van der Waals surface area contributed by atoms with Gasteiger partial charge in [-0.25, -0.2) is 0 Å². The molecular weight excluding hydrogens is 276 g/mol. The zero-order chi connectivity index (χ0) is 15.0. The second-order valence-corrected chi connectivity index (χ2v) is 8.16. The molecule has 7 unspecified atom stereocenters. The molecule has 0 amide bonds. The van der Waals surface area contributed by atoms with Crippen molar-refractivity contribution in [3.05, 3.63) is 83.9 Å². The Kier molecular flexibility index (Phi) is 2.28. The molecule has 23 heavy (non-hydrogen) atoms. The van der Waals surface area contributed by atoms with Crippen LogP contribution in [0.5, 0.6) is 0 Å². The molecule has 0 heteroatoms. The van der Waals surface area contributed by atoms with E-state index in [1.54, 1.807) is 11.1 Å². The average Bonchev–Trinajstić information content (AvgIpc) is 3.47. The first-order valence-electron chi connectivity index (χ1n) is 9.19. The van der Waals surface area contributed by atoms with Gasteiger partial charge in [-0.2, -0.15) is 0 Å². The van der Waals surface area contributed by atoms with Gasteiger partial charge in [0, 0.05) is 5.41 Å². The maximum Gasteiger partial charge on any atom is 0.00870 e. The van der Waals surface area contributed by atoms with Crippen LogP contribution in [0.25, 0.3) is 0 Å². The van der Waals surface area contributed by atoms with Crippen LogP contribution in [-0.2, 0) is 5.41 Å². The van der Waals surface area contributed by atoms with Gasteiger partial charge < -0.3 is 0 Å². The maximum absolute atomic E-state index is 2.55.